The summed E-state index contributed by atoms with van der Waals surface area (Å²) in [5.41, 5.74) is 0. The number of allylic oxidation sites excluding steroid dienone is 2. The van der Waals surface area contributed by atoms with Crippen molar-refractivity contribution in [3.8, 4) is 0 Å². The Labute approximate surface area is 401 Å². The standard InChI is InChI=1S/C59H114O5/c1-4-7-10-13-16-19-22-24-26-28-30-31-33-35-38-40-43-46-49-52-58(60)63-56-57(64-59(61)53-50-47-44-41-37-21-18-15-12-9-6-3)55-62-54-51-48-45-42-39-36-34-32-29-27-25-23-20-17-14-11-8-5-2/h24,26,57H,4-23,25,27-56H2,1-3H3/b26-24-. The van der Waals surface area contributed by atoms with E-state index >= 15 is 0 Å². The fourth-order valence-electron chi connectivity index (χ4n) is 8.92. The van der Waals surface area contributed by atoms with Crippen LogP contribution < -0.4 is 0 Å². The second-order valence-corrected chi connectivity index (χ2v) is 19.9. The van der Waals surface area contributed by atoms with Crippen molar-refractivity contribution in [3.05, 3.63) is 12.2 Å². The van der Waals surface area contributed by atoms with Gasteiger partial charge in [-0.2, -0.15) is 0 Å². The molecule has 0 spiro atoms. The molecule has 0 rings (SSSR count). The minimum Gasteiger partial charge on any atom is -0.462 e. The van der Waals surface area contributed by atoms with Crippen molar-refractivity contribution in [2.75, 3.05) is 19.8 Å². The van der Waals surface area contributed by atoms with E-state index in [0.717, 1.165) is 32.1 Å². The molecule has 1 unspecified atom stereocenters. The van der Waals surface area contributed by atoms with Gasteiger partial charge in [-0.05, 0) is 44.9 Å². The molecule has 0 aromatic carbocycles. The number of carbonyl (C=O) groups is 2. The zero-order chi connectivity index (χ0) is 46.3. The predicted molar refractivity (Wildman–Crippen MR) is 279 cm³/mol. The molecule has 5 heteroatoms. The van der Waals surface area contributed by atoms with Crippen molar-refractivity contribution in [1.29, 1.82) is 0 Å². The molecule has 0 N–H and O–H groups in total. The van der Waals surface area contributed by atoms with Crippen molar-refractivity contribution in [2.24, 2.45) is 0 Å². The topological polar surface area (TPSA) is 61.8 Å². The van der Waals surface area contributed by atoms with Crippen molar-refractivity contribution < 1.29 is 23.8 Å². The minimum atomic E-state index is -0.527. The van der Waals surface area contributed by atoms with Crippen molar-refractivity contribution in [2.45, 2.75) is 335 Å². The second-order valence-electron chi connectivity index (χ2n) is 19.9. The van der Waals surface area contributed by atoms with Crippen LogP contribution in [0.4, 0.5) is 0 Å². The highest BCUT2D eigenvalue weighted by Gasteiger charge is 2.17. The smallest absolute Gasteiger partial charge is 0.306 e. The third kappa shape index (κ3) is 53.3. The van der Waals surface area contributed by atoms with Crippen molar-refractivity contribution in [1.82, 2.24) is 0 Å². The van der Waals surface area contributed by atoms with Crippen molar-refractivity contribution >= 4 is 11.9 Å². The maximum atomic E-state index is 12.8. The van der Waals surface area contributed by atoms with E-state index in [0.29, 0.717) is 26.1 Å². The Morgan fingerprint density at radius 2 is 0.609 bits per heavy atom. The zero-order valence-electron chi connectivity index (χ0n) is 43.8. The average molecular weight is 904 g/mol. The summed E-state index contributed by atoms with van der Waals surface area (Å²) < 4.78 is 17.5. The van der Waals surface area contributed by atoms with Gasteiger partial charge in [0, 0.05) is 19.4 Å². The summed E-state index contributed by atoms with van der Waals surface area (Å²) in [5, 5.41) is 0. The first-order chi connectivity index (χ1) is 31.6. The lowest BCUT2D eigenvalue weighted by Gasteiger charge is -2.18. The van der Waals surface area contributed by atoms with Gasteiger partial charge in [-0.25, -0.2) is 0 Å². The van der Waals surface area contributed by atoms with Crippen LogP contribution in [-0.4, -0.2) is 37.9 Å². The average Bonchev–Trinajstić information content (AvgIpc) is 3.30. The van der Waals surface area contributed by atoms with E-state index in [1.165, 1.54) is 263 Å². The summed E-state index contributed by atoms with van der Waals surface area (Å²) in [4.78, 5) is 25.5. The molecule has 380 valence electrons. The molecule has 0 radical (unpaired) electrons. The molecule has 0 amide bonds. The first-order valence-electron chi connectivity index (χ1n) is 29.2. The van der Waals surface area contributed by atoms with Crippen LogP contribution in [0.1, 0.15) is 329 Å². The first kappa shape index (κ1) is 62.6. The third-order valence-electron chi connectivity index (χ3n) is 13.3. The van der Waals surface area contributed by atoms with Crippen LogP contribution in [0, 0.1) is 0 Å². The van der Waals surface area contributed by atoms with Crippen molar-refractivity contribution in [3.63, 3.8) is 0 Å². The fourth-order valence-corrected chi connectivity index (χ4v) is 8.92. The maximum Gasteiger partial charge on any atom is 0.306 e. The van der Waals surface area contributed by atoms with E-state index in [-0.39, 0.29) is 18.5 Å². The number of hydrogen-bond donors (Lipinski definition) is 0. The van der Waals surface area contributed by atoms with E-state index in [9.17, 15) is 9.59 Å². The van der Waals surface area contributed by atoms with Gasteiger partial charge in [0.25, 0.3) is 0 Å². The van der Waals surface area contributed by atoms with Crippen LogP contribution in [0.2, 0.25) is 0 Å². The van der Waals surface area contributed by atoms with Crippen LogP contribution in [-0.2, 0) is 23.8 Å². The first-order valence-corrected chi connectivity index (χ1v) is 29.2. The molecule has 0 heterocycles. The van der Waals surface area contributed by atoms with Crippen LogP contribution >= 0.6 is 0 Å². The van der Waals surface area contributed by atoms with E-state index in [4.69, 9.17) is 14.2 Å². The Morgan fingerprint density at radius 1 is 0.328 bits per heavy atom. The SMILES string of the molecule is CCCCCCCC/C=C\CCCCCCCCCCCC(=O)OCC(COCCCCCCCCCCCCCCCCCCCC)OC(=O)CCCCCCCCCCCCC. The van der Waals surface area contributed by atoms with Gasteiger partial charge in [0.2, 0.25) is 0 Å². The number of ether oxygens (including phenoxy) is 3. The van der Waals surface area contributed by atoms with Gasteiger partial charge in [0.15, 0.2) is 6.10 Å². The number of hydrogen-bond acceptors (Lipinski definition) is 5. The molecule has 0 fully saturated rings. The number of rotatable bonds is 55. The van der Waals surface area contributed by atoms with Crippen LogP contribution in [0.5, 0.6) is 0 Å². The quantitative estimate of drug-likeness (QED) is 0.0346. The molecule has 0 aliphatic carbocycles. The number of carbonyl (C=O) groups excluding carboxylic acids is 2. The van der Waals surface area contributed by atoms with E-state index in [2.05, 4.69) is 32.9 Å². The van der Waals surface area contributed by atoms with Gasteiger partial charge in [0.1, 0.15) is 6.61 Å². The summed E-state index contributed by atoms with van der Waals surface area (Å²) >= 11 is 0. The van der Waals surface area contributed by atoms with E-state index in [1.807, 2.05) is 0 Å². The highest BCUT2D eigenvalue weighted by atomic mass is 16.6. The Balaban J connectivity index is 4.14. The number of esters is 2. The van der Waals surface area contributed by atoms with Crippen LogP contribution in [0.3, 0.4) is 0 Å². The molecule has 0 aliphatic rings. The summed E-state index contributed by atoms with van der Waals surface area (Å²) in [7, 11) is 0. The Morgan fingerprint density at radius 3 is 0.953 bits per heavy atom. The molecule has 0 saturated carbocycles. The van der Waals surface area contributed by atoms with Gasteiger partial charge in [-0.3, -0.25) is 9.59 Å². The molecule has 64 heavy (non-hydrogen) atoms. The highest BCUT2D eigenvalue weighted by Crippen LogP contribution is 2.17. The second kappa shape index (κ2) is 56.0. The molecule has 0 saturated heterocycles. The molecule has 1 atom stereocenters. The van der Waals surface area contributed by atoms with E-state index in [1.54, 1.807) is 0 Å². The Bertz CT molecular complexity index is 932. The predicted octanol–water partition coefficient (Wildman–Crippen LogP) is 19.8. The lowest BCUT2D eigenvalue weighted by molar-refractivity contribution is -0.163. The molecule has 0 aromatic heterocycles. The Kier molecular flexibility index (Phi) is 54.8. The largest absolute Gasteiger partial charge is 0.462 e. The molecular weight excluding hydrogens is 789 g/mol. The zero-order valence-corrected chi connectivity index (χ0v) is 43.8. The summed E-state index contributed by atoms with van der Waals surface area (Å²) in [6.45, 7) is 7.90. The summed E-state index contributed by atoms with van der Waals surface area (Å²) in [6.07, 6.45) is 65.2. The molecule has 0 bridgehead atoms. The summed E-state index contributed by atoms with van der Waals surface area (Å²) in [5.74, 6) is -0.375. The van der Waals surface area contributed by atoms with Crippen LogP contribution in [0.15, 0.2) is 12.2 Å². The van der Waals surface area contributed by atoms with Crippen LogP contribution in [0.25, 0.3) is 0 Å². The van der Waals surface area contributed by atoms with Gasteiger partial charge in [-0.1, -0.05) is 283 Å². The van der Waals surface area contributed by atoms with Gasteiger partial charge in [-0.15, -0.1) is 0 Å². The lowest BCUT2D eigenvalue weighted by atomic mass is 10.0. The van der Waals surface area contributed by atoms with Gasteiger partial charge < -0.3 is 14.2 Å². The van der Waals surface area contributed by atoms with E-state index < -0.39 is 6.10 Å². The van der Waals surface area contributed by atoms with Gasteiger partial charge >= 0.3 is 11.9 Å². The maximum absolute atomic E-state index is 12.8. The molecule has 0 aromatic rings. The summed E-state index contributed by atoms with van der Waals surface area (Å²) in [6, 6.07) is 0. The normalized spacial score (nSPS) is 12.1. The number of unbranched alkanes of at least 4 members (excludes halogenated alkanes) is 42. The minimum absolute atomic E-state index is 0.0941. The molecular formula is C59H114O5. The molecule has 0 aliphatic heterocycles. The highest BCUT2D eigenvalue weighted by molar-refractivity contribution is 5.70. The van der Waals surface area contributed by atoms with Gasteiger partial charge in [0.05, 0.1) is 6.61 Å². The monoisotopic (exact) mass is 903 g/mol. The molecule has 5 nitrogen and oxygen atoms in total. The lowest BCUT2D eigenvalue weighted by Crippen LogP contribution is -2.30. The third-order valence-corrected chi connectivity index (χ3v) is 13.3. The fraction of sp³-hybridized carbons (Fsp3) is 0.932. The Hall–Kier alpha value is -1.36.